The van der Waals surface area contributed by atoms with E-state index in [0.717, 1.165) is 6.54 Å². The quantitative estimate of drug-likeness (QED) is 0.753. The molecular formula is C20H22N4O3. The van der Waals surface area contributed by atoms with Gasteiger partial charge in [0.15, 0.2) is 5.58 Å². The Morgan fingerprint density at radius 3 is 2.78 bits per heavy atom. The average Bonchev–Trinajstić information content (AvgIpc) is 3.06. The molecule has 0 spiro atoms. The van der Waals surface area contributed by atoms with E-state index < -0.39 is 0 Å². The van der Waals surface area contributed by atoms with Gasteiger partial charge in [-0.1, -0.05) is 0 Å². The van der Waals surface area contributed by atoms with Gasteiger partial charge in [-0.05, 0) is 45.2 Å². The molecule has 0 radical (unpaired) electrons. The van der Waals surface area contributed by atoms with E-state index in [1.807, 2.05) is 4.90 Å². The maximum absolute atomic E-state index is 13.0. The molecule has 2 aromatic heterocycles. The molecule has 1 saturated heterocycles. The van der Waals surface area contributed by atoms with Crippen LogP contribution in [0.15, 0.2) is 45.7 Å². The van der Waals surface area contributed by atoms with Crippen LogP contribution in [0.5, 0.6) is 0 Å². The van der Waals surface area contributed by atoms with E-state index in [9.17, 15) is 9.59 Å². The van der Waals surface area contributed by atoms with Crippen LogP contribution in [-0.2, 0) is 0 Å². The number of rotatable bonds is 2. The second kappa shape index (κ2) is 6.35. The number of hydrogen-bond acceptors (Lipinski definition) is 5. The summed E-state index contributed by atoms with van der Waals surface area (Å²) in [4.78, 5) is 35.6. The number of amides is 1. The average molecular weight is 366 g/mol. The fourth-order valence-electron chi connectivity index (χ4n) is 3.36. The number of benzene rings is 1. The summed E-state index contributed by atoms with van der Waals surface area (Å²) in [6, 6.07) is 8.44. The van der Waals surface area contributed by atoms with Gasteiger partial charge in [0, 0.05) is 48.6 Å². The smallest absolute Gasteiger partial charge is 0.254 e. The Bertz CT molecular complexity index is 1070. The van der Waals surface area contributed by atoms with Crippen molar-refractivity contribution < 1.29 is 9.21 Å². The van der Waals surface area contributed by atoms with Crippen LogP contribution in [0.2, 0.25) is 0 Å². The predicted molar refractivity (Wildman–Crippen MR) is 103 cm³/mol. The number of H-pyrrole nitrogens is 1. The van der Waals surface area contributed by atoms with E-state index in [2.05, 4.69) is 35.8 Å². The zero-order chi connectivity index (χ0) is 19.2. The number of carbonyl (C=O) groups excluding carboxylic acids is 1. The fourth-order valence-corrected chi connectivity index (χ4v) is 3.36. The lowest BCUT2D eigenvalue weighted by molar-refractivity contribution is 0.0311. The molecule has 3 aromatic rings. The first-order chi connectivity index (χ1) is 12.8. The summed E-state index contributed by atoms with van der Waals surface area (Å²) in [7, 11) is 2.08. The number of nitrogens with zero attached hydrogens (tertiary/aromatic N) is 3. The lowest BCUT2D eigenvalue weighted by atomic mass is 9.99. The molecule has 140 valence electrons. The monoisotopic (exact) mass is 366 g/mol. The first-order valence-electron chi connectivity index (χ1n) is 8.94. The zero-order valence-electron chi connectivity index (χ0n) is 15.7. The first-order valence-corrected chi connectivity index (χ1v) is 8.94. The van der Waals surface area contributed by atoms with E-state index >= 15 is 0 Å². The molecule has 1 N–H and O–H groups in total. The lowest BCUT2D eigenvalue weighted by Gasteiger charge is -2.45. The van der Waals surface area contributed by atoms with Gasteiger partial charge in [-0.25, -0.2) is 4.98 Å². The molecule has 7 nitrogen and oxygen atoms in total. The molecule has 1 amide bonds. The Kier molecular flexibility index (Phi) is 4.11. The number of piperazine rings is 1. The summed E-state index contributed by atoms with van der Waals surface area (Å²) >= 11 is 0. The Morgan fingerprint density at radius 1 is 1.22 bits per heavy atom. The number of aromatic nitrogens is 2. The second-order valence-corrected chi connectivity index (χ2v) is 7.60. The lowest BCUT2D eigenvalue weighted by Crippen LogP contribution is -2.58. The van der Waals surface area contributed by atoms with Crippen LogP contribution in [0, 0.1) is 0 Å². The standard InChI is InChI=1S/C20H22N4O3/c1-20(2)12-24(9-8-23(20)3)19(26)14-4-5-16-15(10-14)22-18(27-16)13-6-7-21-17(25)11-13/h4-7,10-11H,8-9,12H2,1-3H3,(H,21,25). The molecule has 1 aliphatic rings. The SMILES string of the molecule is CN1CCN(C(=O)c2ccc3oc(-c4cc[nH]c(=O)c4)nc3c2)CC1(C)C. The summed E-state index contributed by atoms with van der Waals surface area (Å²) in [6.07, 6.45) is 1.55. The van der Waals surface area contributed by atoms with E-state index in [1.165, 1.54) is 6.07 Å². The van der Waals surface area contributed by atoms with Crippen LogP contribution in [0.3, 0.4) is 0 Å². The van der Waals surface area contributed by atoms with E-state index in [1.54, 1.807) is 30.5 Å². The van der Waals surface area contributed by atoms with Crippen molar-refractivity contribution in [3.8, 4) is 11.5 Å². The highest BCUT2D eigenvalue weighted by Gasteiger charge is 2.33. The minimum atomic E-state index is -0.219. The molecule has 0 aliphatic carbocycles. The Hall–Kier alpha value is -2.93. The number of aromatic amines is 1. The van der Waals surface area contributed by atoms with Crippen molar-refractivity contribution in [3.05, 3.63) is 52.4 Å². The highest BCUT2D eigenvalue weighted by atomic mass is 16.3. The zero-order valence-corrected chi connectivity index (χ0v) is 15.7. The topological polar surface area (TPSA) is 82.4 Å². The van der Waals surface area contributed by atoms with Crippen LogP contribution in [0.25, 0.3) is 22.6 Å². The van der Waals surface area contributed by atoms with Crippen LogP contribution >= 0.6 is 0 Å². The third-order valence-electron chi connectivity index (χ3n) is 5.26. The highest BCUT2D eigenvalue weighted by Crippen LogP contribution is 2.25. The number of fused-ring (bicyclic) bond motifs is 1. The minimum Gasteiger partial charge on any atom is -0.436 e. The predicted octanol–water partition coefficient (Wildman–Crippen LogP) is 2.35. The second-order valence-electron chi connectivity index (χ2n) is 7.60. The summed E-state index contributed by atoms with van der Waals surface area (Å²) in [6.45, 7) is 6.50. The molecule has 0 saturated carbocycles. The van der Waals surface area contributed by atoms with Gasteiger partial charge in [0.05, 0.1) is 0 Å². The highest BCUT2D eigenvalue weighted by molar-refractivity contribution is 5.97. The third-order valence-corrected chi connectivity index (χ3v) is 5.26. The molecule has 0 bridgehead atoms. The van der Waals surface area contributed by atoms with Crippen molar-refractivity contribution >= 4 is 17.0 Å². The Balaban J connectivity index is 1.64. The summed E-state index contributed by atoms with van der Waals surface area (Å²) < 4.78 is 5.74. The summed E-state index contributed by atoms with van der Waals surface area (Å²) in [5.41, 5.74) is 2.10. The van der Waals surface area contributed by atoms with Crippen LogP contribution < -0.4 is 5.56 Å². The van der Waals surface area contributed by atoms with Gasteiger partial charge in [0.25, 0.3) is 5.91 Å². The molecule has 1 aliphatic heterocycles. The van der Waals surface area contributed by atoms with Gasteiger partial charge in [-0.3, -0.25) is 14.5 Å². The van der Waals surface area contributed by atoms with Gasteiger partial charge >= 0.3 is 0 Å². The molecule has 3 heterocycles. The molecule has 1 fully saturated rings. The van der Waals surface area contributed by atoms with Gasteiger partial charge in [0.2, 0.25) is 11.4 Å². The van der Waals surface area contributed by atoms with Gasteiger partial charge in [-0.15, -0.1) is 0 Å². The maximum atomic E-state index is 13.0. The van der Waals surface area contributed by atoms with Crippen molar-refractivity contribution in [1.82, 2.24) is 19.8 Å². The molecule has 27 heavy (non-hydrogen) atoms. The normalized spacial score (nSPS) is 17.4. The minimum absolute atomic E-state index is 0.00113. The molecular weight excluding hydrogens is 344 g/mol. The number of likely N-dealkylation sites (N-methyl/N-ethyl adjacent to an activating group) is 1. The fraction of sp³-hybridized carbons (Fsp3) is 0.350. The number of nitrogens with one attached hydrogen (secondary N) is 1. The van der Waals surface area contributed by atoms with Crippen molar-refractivity contribution in [1.29, 1.82) is 0 Å². The number of hydrogen-bond donors (Lipinski definition) is 1. The van der Waals surface area contributed by atoms with E-state index in [-0.39, 0.29) is 17.0 Å². The Morgan fingerprint density at radius 2 is 2.04 bits per heavy atom. The van der Waals surface area contributed by atoms with E-state index in [4.69, 9.17) is 4.42 Å². The largest absolute Gasteiger partial charge is 0.436 e. The molecule has 7 heteroatoms. The number of carbonyl (C=O) groups is 1. The molecule has 0 atom stereocenters. The first kappa shape index (κ1) is 17.5. The molecule has 0 unspecified atom stereocenters. The molecule has 4 rings (SSSR count). The third kappa shape index (κ3) is 3.26. The van der Waals surface area contributed by atoms with Gasteiger partial charge in [0.1, 0.15) is 5.52 Å². The van der Waals surface area contributed by atoms with Crippen LogP contribution in [-0.4, -0.2) is 57.9 Å². The van der Waals surface area contributed by atoms with Crippen LogP contribution in [0.4, 0.5) is 0 Å². The van der Waals surface area contributed by atoms with Gasteiger partial charge in [-0.2, -0.15) is 0 Å². The summed E-state index contributed by atoms with van der Waals surface area (Å²) in [5, 5.41) is 0. The van der Waals surface area contributed by atoms with Crippen LogP contribution in [0.1, 0.15) is 24.2 Å². The van der Waals surface area contributed by atoms with Crippen molar-refractivity contribution in [2.75, 3.05) is 26.7 Å². The van der Waals surface area contributed by atoms with Crippen molar-refractivity contribution in [2.45, 2.75) is 19.4 Å². The van der Waals surface area contributed by atoms with Gasteiger partial charge < -0.3 is 14.3 Å². The van der Waals surface area contributed by atoms with Crippen molar-refractivity contribution in [2.24, 2.45) is 0 Å². The summed E-state index contributed by atoms with van der Waals surface area (Å²) in [5.74, 6) is 0.361. The maximum Gasteiger partial charge on any atom is 0.254 e. The van der Waals surface area contributed by atoms with Crippen molar-refractivity contribution in [3.63, 3.8) is 0 Å². The molecule has 1 aromatic carbocycles. The number of oxazole rings is 1. The number of pyridine rings is 1. The Labute approximate surface area is 156 Å². The van der Waals surface area contributed by atoms with E-state index in [0.29, 0.717) is 41.2 Å².